The van der Waals surface area contributed by atoms with E-state index in [1.54, 1.807) is 24.3 Å². The van der Waals surface area contributed by atoms with Crippen LogP contribution < -0.4 is 5.32 Å². The van der Waals surface area contributed by atoms with Gasteiger partial charge in [-0.15, -0.1) is 0 Å². The fraction of sp³-hybridized carbons (Fsp3) is 0.176. The summed E-state index contributed by atoms with van der Waals surface area (Å²) in [5.74, 6) is -1.01. The van der Waals surface area contributed by atoms with E-state index >= 15 is 0 Å². The van der Waals surface area contributed by atoms with Crippen LogP contribution in [0.3, 0.4) is 0 Å². The second-order valence-corrected chi connectivity index (χ2v) is 5.67. The van der Waals surface area contributed by atoms with E-state index in [0.29, 0.717) is 11.3 Å². The van der Waals surface area contributed by atoms with Gasteiger partial charge in [0.2, 0.25) is 0 Å². The minimum absolute atomic E-state index is 0.0537. The smallest absolute Gasteiger partial charge is 0.260 e. The van der Waals surface area contributed by atoms with E-state index in [-0.39, 0.29) is 22.3 Å². The van der Waals surface area contributed by atoms with E-state index < -0.39 is 11.7 Å². The number of Topliss-reactive ketones (excluding diaryl/α,β-unsaturated/α-hetero) is 1. The molecule has 0 aliphatic heterocycles. The Morgan fingerprint density at radius 1 is 1.09 bits per heavy atom. The van der Waals surface area contributed by atoms with Crippen LogP contribution >= 0.6 is 11.6 Å². The first-order valence-corrected chi connectivity index (χ1v) is 7.33. The number of ketones is 1. The van der Waals surface area contributed by atoms with Crippen molar-refractivity contribution >= 4 is 29.0 Å². The minimum Gasteiger partial charge on any atom is -0.322 e. The lowest BCUT2D eigenvalue weighted by Gasteiger charge is -2.08. The maximum Gasteiger partial charge on any atom is 0.260 e. The Morgan fingerprint density at radius 3 is 2.36 bits per heavy atom. The van der Waals surface area contributed by atoms with Crippen molar-refractivity contribution < 1.29 is 14.0 Å². The third kappa shape index (κ3) is 3.02. The zero-order valence-corrected chi connectivity index (χ0v) is 12.4. The second-order valence-electron chi connectivity index (χ2n) is 5.27. The highest BCUT2D eigenvalue weighted by molar-refractivity contribution is 6.34. The maximum absolute atomic E-state index is 13.7. The molecule has 1 fully saturated rings. The van der Waals surface area contributed by atoms with Crippen LogP contribution in [0.5, 0.6) is 0 Å². The number of hydrogen-bond acceptors (Lipinski definition) is 2. The molecule has 2 aromatic rings. The normalized spacial score (nSPS) is 13.7. The molecular weight excluding hydrogens is 305 g/mol. The standard InChI is InChI=1S/C17H13ClFNO2/c18-13-2-1-3-14(19)15(13)17(22)20-12-8-6-11(7-9-12)16(21)10-4-5-10/h1-3,6-10H,4-5H2,(H,20,22). The quantitative estimate of drug-likeness (QED) is 0.853. The molecule has 0 radical (unpaired) electrons. The Balaban J connectivity index is 1.75. The lowest BCUT2D eigenvalue weighted by atomic mass is 10.1. The molecule has 3 rings (SSSR count). The van der Waals surface area contributed by atoms with Crippen molar-refractivity contribution in [1.82, 2.24) is 0 Å². The Labute approximate surface area is 132 Å². The molecule has 5 heteroatoms. The largest absolute Gasteiger partial charge is 0.322 e. The van der Waals surface area contributed by atoms with E-state index in [4.69, 9.17) is 11.6 Å². The zero-order valence-electron chi connectivity index (χ0n) is 11.6. The number of carbonyl (C=O) groups is 2. The molecule has 0 atom stereocenters. The summed E-state index contributed by atoms with van der Waals surface area (Å²) in [6, 6.07) is 10.7. The third-order valence-electron chi connectivity index (χ3n) is 3.57. The highest BCUT2D eigenvalue weighted by Crippen LogP contribution is 2.32. The molecule has 0 saturated heterocycles. The number of amides is 1. The van der Waals surface area contributed by atoms with Crippen molar-refractivity contribution in [2.24, 2.45) is 5.92 Å². The summed E-state index contributed by atoms with van der Waals surface area (Å²) >= 11 is 5.85. The molecular formula is C17H13ClFNO2. The van der Waals surface area contributed by atoms with Gasteiger partial charge >= 0.3 is 0 Å². The molecule has 0 bridgehead atoms. The van der Waals surface area contributed by atoms with Gasteiger partial charge in [0.25, 0.3) is 5.91 Å². The van der Waals surface area contributed by atoms with Crippen molar-refractivity contribution in [3.63, 3.8) is 0 Å². The van der Waals surface area contributed by atoms with Crippen molar-refractivity contribution in [3.8, 4) is 0 Å². The van der Waals surface area contributed by atoms with Crippen molar-refractivity contribution in [2.75, 3.05) is 5.32 Å². The van der Waals surface area contributed by atoms with Crippen LogP contribution in [0.1, 0.15) is 33.6 Å². The minimum atomic E-state index is -0.675. The molecule has 112 valence electrons. The van der Waals surface area contributed by atoms with Crippen molar-refractivity contribution in [3.05, 3.63) is 64.4 Å². The molecule has 1 aliphatic rings. The highest BCUT2D eigenvalue weighted by atomic mass is 35.5. The van der Waals surface area contributed by atoms with E-state index in [9.17, 15) is 14.0 Å². The van der Waals surface area contributed by atoms with Crippen molar-refractivity contribution in [2.45, 2.75) is 12.8 Å². The van der Waals surface area contributed by atoms with E-state index in [2.05, 4.69) is 5.32 Å². The molecule has 1 N–H and O–H groups in total. The Kier molecular flexibility index (Phi) is 3.94. The Hall–Kier alpha value is -2.20. The van der Waals surface area contributed by atoms with Crippen LogP contribution in [0.15, 0.2) is 42.5 Å². The van der Waals surface area contributed by atoms with Gasteiger partial charge in [0.1, 0.15) is 5.82 Å². The summed E-state index contributed by atoms with van der Waals surface area (Å²) in [5, 5.41) is 2.63. The lowest BCUT2D eigenvalue weighted by molar-refractivity contribution is 0.0967. The Bertz CT molecular complexity index is 719. The predicted molar refractivity (Wildman–Crippen MR) is 82.9 cm³/mol. The van der Waals surface area contributed by atoms with Crippen molar-refractivity contribution in [1.29, 1.82) is 0 Å². The second kappa shape index (κ2) is 5.89. The van der Waals surface area contributed by atoms with Gasteiger partial charge in [-0.25, -0.2) is 4.39 Å². The van der Waals surface area contributed by atoms with Gasteiger partial charge in [-0.3, -0.25) is 9.59 Å². The van der Waals surface area contributed by atoms with Gasteiger partial charge in [0.05, 0.1) is 10.6 Å². The summed E-state index contributed by atoms with van der Waals surface area (Å²) < 4.78 is 13.7. The highest BCUT2D eigenvalue weighted by Gasteiger charge is 2.30. The SMILES string of the molecule is O=C(Nc1ccc(C(=O)C2CC2)cc1)c1c(F)cccc1Cl. The maximum atomic E-state index is 13.7. The number of hydrogen-bond donors (Lipinski definition) is 1. The predicted octanol–water partition coefficient (Wildman–Crippen LogP) is 4.32. The van der Waals surface area contributed by atoms with Crippen LogP contribution in [-0.2, 0) is 0 Å². The van der Waals surface area contributed by atoms with Gasteiger partial charge in [-0.05, 0) is 49.2 Å². The average molecular weight is 318 g/mol. The molecule has 1 aliphatic carbocycles. The van der Waals surface area contributed by atoms with Crippen LogP contribution in [0.4, 0.5) is 10.1 Å². The van der Waals surface area contributed by atoms with Crippen LogP contribution in [0.25, 0.3) is 0 Å². The number of anilines is 1. The third-order valence-corrected chi connectivity index (χ3v) is 3.88. The fourth-order valence-electron chi connectivity index (χ4n) is 2.21. The van der Waals surface area contributed by atoms with Crippen LogP contribution in [0.2, 0.25) is 5.02 Å². The van der Waals surface area contributed by atoms with Gasteiger partial charge in [-0.1, -0.05) is 17.7 Å². The number of nitrogens with one attached hydrogen (secondary N) is 1. The molecule has 22 heavy (non-hydrogen) atoms. The van der Waals surface area contributed by atoms with Gasteiger partial charge in [0.15, 0.2) is 5.78 Å². The van der Waals surface area contributed by atoms with E-state index in [1.807, 2.05) is 0 Å². The topological polar surface area (TPSA) is 46.2 Å². The zero-order chi connectivity index (χ0) is 15.7. The molecule has 0 heterocycles. The first-order valence-electron chi connectivity index (χ1n) is 6.96. The summed E-state index contributed by atoms with van der Waals surface area (Å²) in [6.45, 7) is 0. The first-order chi connectivity index (χ1) is 10.6. The average Bonchev–Trinajstić information content (AvgIpc) is 3.32. The lowest BCUT2D eigenvalue weighted by Crippen LogP contribution is -2.14. The molecule has 0 aromatic heterocycles. The van der Waals surface area contributed by atoms with Crippen LogP contribution in [-0.4, -0.2) is 11.7 Å². The molecule has 0 spiro atoms. The van der Waals surface area contributed by atoms with Gasteiger partial charge < -0.3 is 5.32 Å². The summed E-state index contributed by atoms with van der Waals surface area (Å²) in [7, 11) is 0. The monoisotopic (exact) mass is 317 g/mol. The summed E-state index contributed by atoms with van der Waals surface area (Å²) in [6.07, 6.45) is 1.90. The first kappa shape index (κ1) is 14.7. The fourth-order valence-corrected chi connectivity index (χ4v) is 2.46. The molecule has 3 nitrogen and oxygen atoms in total. The number of carbonyl (C=O) groups excluding carboxylic acids is 2. The Morgan fingerprint density at radius 2 is 1.77 bits per heavy atom. The van der Waals surface area contributed by atoms with E-state index in [1.165, 1.54) is 18.2 Å². The summed E-state index contributed by atoms with van der Waals surface area (Å²) in [5.41, 5.74) is 0.920. The van der Waals surface area contributed by atoms with Gasteiger partial charge in [0, 0.05) is 17.2 Å². The molecule has 0 unspecified atom stereocenters. The van der Waals surface area contributed by atoms with Crippen LogP contribution in [0, 0.1) is 11.7 Å². The number of halogens is 2. The molecule has 1 saturated carbocycles. The van der Waals surface area contributed by atoms with Gasteiger partial charge in [-0.2, -0.15) is 0 Å². The number of rotatable bonds is 4. The summed E-state index contributed by atoms with van der Waals surface area (Å²) in [4.78, 5) is 24.0. The number of benzene rings is 2. The molecule has 2 aromatic carbocycles. The molecule has 1 amide bonds. The van der Waals surface area contributed by atoms with E-state index in [0.717, 1.165) is 12.8 Å².